The first-order chi connectivity index (χ1) is 8.13. The molecule has 3 nitrogen and oxygen atoms in total. The standard InChI is InChI=1S/C13H18INO2/c1-17-8-2-3-12(15)13(16)9-10-4-6-11(14)7-5-10/h4-7,12H,2-3,8-9,15H2,1H3. The van der Waals surface area contributed by atoms with Gasteiger partial charge >= 0.3 is 0 Å². The number of carbonyl (C=O) groups excluding carboxylic acids is 1. The van der Waals surface area contributed by atoms with Crippen molar-refractivity contribution in [3.8, 4) is 0 Å². The summed E-state index contributed by atoms with van der Waals surface area (Å²) in [6, 6.07) is 7.58. The molecule has 4 heteroatoms. The number of hydrogen-bond donors (Lipinski definition) is 1. The lowest BCUT2D eigenvalue weighted by Crippen LogP contribution is -2.32. The van der Waals surface area contributed by atoms with Crippen LogP contribution < -0.4 is 5.73 Å². The normalized spacial score (nSPS) is 12.4. The zero-order valence-electron chi connectivity index (χ0n) is 9.99. The highest BCUT2D eigenvalue weighted by Crippen LogP contribution is 2.09. The second kappa shape index (κ2) is 7.79. The smallest absolute Gasteiger partial charge is 0.153 e. The third kappa shape index (κ3) is 5.61. The minimum absolute atomic E-state index is 0.0994. The molecule has 1 unspecified atom stereocenters. The summed E-state index contributed by atoms with van der Waals surface area (Å²) in [6.07, 6.45) is 1.94. The Morgan fingerprint density at radius 2 is 2.06 bits per heavy atom. The lowest BCUT2D eigenvalue weighted by molar-refractivity contribution is -0.119. The second-order valence-corrected chi connectivity index (χ2v) is 5.26. The van der Waals surface area contributed by atoms with Crippen LogP contribution in [0.4, 0.5) is 0 Å². The van der Waals surface area contributed by atoms with Crippen LogP contribution in [0.5, 0.6) is 0 Å². The van der Waals surface area contributed by atoms with Crippen LogP contribution in [-0.4, -0.2) is 25.5 Å². The number of hydrogen-bond acceptors (Lipinski definition) is 3. The van der Waals surface area contributed by atoms with Gasteiger partial charge in [-0.1, -0.05) is 12.1 Å². The van der Waals surface area contributed by atoms with Crippen molar-refractivity contribution in [2.45, 2.75) is 25.3 Å². The zero-order chi connectivity index (χ0) is 12.7. The first kappa shape index (κ1) is 14.6. The highest BCUT2D eigenvalue weighted by molar-refractivity contribution is 14.1. The number of rotatable bonds is 7. The first-order valence-electron chi connectivity index (χ1n) is 5.65. The van der Waals surface area contributed by atoms with Crippen molar-refractivity contribution < 1.29 is 9.53 Å². The number of ketones is 1. The molecule has 1 rings (SSSR count). The summed E-state index contributed by atoms with van der Waals surface area (Å²) < 4.78 is 6.11. The molecular weight excluding hydrogens is 329 g/mol. The number of carbonyl (C=O) groups is 1. The van der Waals surface area contributed by atoms with Gasteiger partial charge in [0.1, 0.15) is 0 Å². The number of benzene rings is 1. The van der Waals surface area contributed by atoms with Crippen LogP contribution in [0.25, 0.3) is 0 Å². The molecule has 0 aliphatic rings. The molecule has 0 aromatic heterocycles. The summed E-state index contributed by atoms with van der Waals surface area (Å²) in [7, 11) is 1.65. The SMILES string of the molecule is COCCCC(N)C(=O)Cc1ccc(I)cc1. The van der Waals surface area contributed by atoms with E-state index in [0.29, 0.717) is 19.4 Å². The van der Waals surface area contributed by atoms with Crippen molar-refractivity contribution in [3.05, 3.63) is 33.4 Å². The topological polar surface area (TPSA) is 52.3 Å². The summed E-state index contributed by atoms with van der Waals surface area (Å²) in [6.45, 7) is 0.657. The monoisotopic (exact) mass is 347 g/mol. The fraction of sp³-hybridized carbons (Fsp3) is 0.462. The number of methoxy groups -OCH3 is 1. The summed E-state index contributed by atoms with van der Waals surface area (Å²) in [5, 5.41) is 0. The molecule has 0 aliphatic carbocycles. The van der Waals surface area contributed by atoms with Crippen LogP contribution >= 0.6 is 22.6 Å². The van der Waals surface area contributed by atoms with Gasteiger partial charge < -0.3 is 10.5 Å². The Kier molecular flexibility index (Phi) is 6.69. The first-order valence-corrected chi connectivity index (χ1v) is 6.73. The Labute approximate surface area is 116 Å². The Hall–Kier alpha value is -0.460. The highest BCUT2D eigenvalue weighted by atomic mass is 127. The minimum atomic E-state index is -0.371. The fourth-order valence-corrected chi connectivity index (χ4v) is 1.90. The van der Waals surface area contributed by atoms with E-state index in [1.165, 1.54) is 3.57 Å². The minimum Gasteiger partial charge on any atom is -0.385 e. The van der Waals surface area contributed by atoms with E-state index in [2.05, 4.69) is 22.6 Å². The van der Waals surface area contributed by atoms with Crippen molar-refractivity contribution in [3.63, 3.8) is 0 Å². The van der Waals surface area contributed by atoms with Gasteiger partial charge in [-0.25, -0.2) is 0 Å². The Morgan fingerprint density at radius 1 is 1.41 bits per heavy atom. The molecule has 0 bridgehead atoms. The van der Waals surface area contributed by atoms with E-state index in [0.717, 1.165) is 12.0 Å². The summed E-state index contributed by atoms with van der Waals surface area (Å²) in [5.41, 5.74) is 6.85. The maximum Gasteiger partial charge on any atom is 0.153 e. The molecule has 2 N–H and O–H groups in total. The third-order valence-corrected chi connectivity index (χ3v) is 3.29. The maximum absolute atomic E-state index is 11.8. The van der Waals surface area contributed by atoms with E-state index in [4.69, 9.17) is 10.5 Å². The molecule has 0 saturated heterocycles. The van der Waals surface area contributed by atoms with E-state index in [-0.39, 0.29) is 11.8 Å². The highest BCUT2D eigenvalue weighted by Gasteiger charge is 2.13. The molecule has 94 valence electrons. The van der Waals surface area contributed by atoms with Crippen LogP contribution in [-0.2, 0) is 16.0 Å². The summed E-state index contributed by atoms with van der Waals surface area (Å²) in [4.78, 5) is 11.8. The van der Waals surface area contributed by atoms with Crippen molar-refractivity contribution in [2.24, 2.45) is 5.73 Å². The Balaban J connectivity index is 2.40. The molecule has 0 fully saturated rings. The van der Waals surface area contributed by atoms with Gasteiger partial charge in [0.25, 0.3) is 0 Å². The Bertz CT molecular complexity index is 351. The lowest BCUT2D eigenvalue weighted by atomic mass is 10.0. The molecule has 0 aliphatic heterocycles. The van der Waals surface area contributed by atoms with Crippen LogP contribution in [0.2, 0.25) is 0 Å². The molecular formula is C13H18INO2. The fourth-order valence-electron chi connectivity index (χ4n) is 1.54. The van der Waals surface area contributed by atoms with Gasteiger partial charge in [-0.15, -0.1) is 0 Å². The molecule has 1 aromatic carbocycles. The molecule has 0 spiro atoms. The third-order valence-electron chi connectivity index (χ3n) is 2.57. The number of nitrogens with two attached hydrogens (primary N) is 1. The van der Waals surface area contributed by atoms with Crippen LogP contribution in [0, 0.1) is 3.57 Å². The van der Waals surface area contributed by atoms with Gasteiger partial charge in [0, 0.05) is 23.7 Å². The average molecular weight is 347 g/mol. The van der Waals surface area contributed by atoms with Crippen molar-refractivity contribution in [1.82, 2.24) is 0 Å². The van der Waals surface area contributed by atoms with Crippen LogP contribution in [0.15, 0.2) is 24.3 Å². The van der Waals surface area contributed by atoms with E-state index in [1.807, 2.05) is 24.3 Å². The molecule has 17 heavy (non-hydrogen) atoms. The summed E-state index contributed by atoms with van der Waals surface area (Å²) >= 11 is 2.24. The van der Waals surface area contributed by atoms with Gasteiger partial charge in [0.15, 0.2) is 5.78 Å². The van der Waals surface area contributed by atoms with Gasteiger partial charge in [0.2, 0.25) is 0 Å². The van der Waals surface area contributed by atoms with Crippen LogP contribution in [0.3, 0.4) is 0 Å². The van der Waals surface area contributed by atoms with Gasteiger partial charge in [-0.3, -0.25) is 4.79 Å². The molecule has 0 heterocycles. The summed E-state index contributed by atoms with van der Waals surface area (Å²) in [5.74, 6) is 0.0994. The molecule has 1 aromatic rings. The van der Waals surface area contributed by atoms with Crippen LogP contribution in [0.1, 0.15) is 18.4 Å². The maximum atomic E-state index is 11.8. The molecule has 0 amide bonds. The largest absolute Gasteiger partial charge is 0.385 e. The second-order valence-electron chi connectivity index (χ2n) is 4.01. The van der Waals surface area contributed by atoms with Gasteiger partial charge in [0.05, 0.1) is 6.04 Å². The molecule has 1 atom stereocenters. The predicted molar refractivity (Wildman–Crippen MR) is 77.0 cm³/mol. The zero-order valence-corrected chi connectivity index (χ0v) is 12.1. The lowest BCUT2D eigenvalue weighted by Gasteiger charge is -2.10. The van der Waals surface area contributed by atoms with Crippen molar-refractivity contribution in [1.29, 1.82) is 0 Å². The van der Waals surface area contributed by atoms with Crippen molar-refractivity contribution in [2.75, 3.05) is 13.7 Å². The predicted octanol–water partition coefficient (Wildman–Crippen LogP) is 2.16. The Morgan fingerprint density at radius 3 is 2.65 bits per heavy atom. The number of Topliss-reactive ketones (excluding diaryl/α,β-unsaturated/α-hetero) is 1. The molecule has 0 saturated carbocycles. The van der Waals surface area contributed by atoms with Crippen molar-refractivity contribution >= 4 is 28.4 Å². The van der Waals surface area contributed by atoms with E-state index < -0.39 is 0 Å². The van der Waals surface area contributed by atoms with Gasteiger partial charge in [-0.05, 0) is 53.1 Å². The number of halogens is 1. The average Bonchev–Trinajstić information content (AvgIpc) is 2.32. The van der Waals surface area contributed by atoms with E-state index in [9.17, 15) is 4.79 Å². The van der Waals surface area contributed by atoms with Gasteiger partial charge in [-0.2, -0.15) is 0 Å². The molecule has 0 radical (unpaired) electrons. The quantitative estimate of drug-likeness (QED) is 0.608. The van der Waals surface area contributed by atoms with E-state index in [1.54, 1.807) is 7.11 Å². The number of ether oxygens (including phenoxy) is 1. The van der Waals surface area contributed by atoms with E-state index >= 15 is 0 Å².